The summed E-state index contributed by atoms with van der Waals surface area (Å²) < 4.78 is 4.61. The molecule has 0 radical (unpaired) electrons. The number of nitrogen functional groups attached to an aromatic ring is 1. The number of esters is 1. The Kier molecular flexibility index (Phi) is 6.07. The molecule has 0 aromatic heterocycles. The highest BCUT2D eigenvalue weighted by atomic mass is 16.6. The number of rotatable bonds is 3. The molecule has 6 nitrogen and oxygen atoms in total. The standard InChI is InChI=1S/C14H12N2O4.C2H6/c1-20-14(17)10-4-2-9(3-5-10)11-6-7-13(16(18)19)12(15)8-11;1-2/h2-8H,15H2,1H3;1-2H3. The molecule has 0 atom stereocenters. The highest BCUT2D eigenvalue weighted by molar-refractivity contribution is 5.90. The van der Waals surface area contributed by atoms with E-state index in [0.29, 0.717) is 5.56 Å². The van der Waals surface area contributed by atoms with Gasteiger partial charge in [0.1, 0.15) is 5.69 Å². The van der Waals surface area contributed by atoms with Crippen molar-refractivity contribution < 1.29 is 14.5 Å². The molecule has 0 fully saturated rings. The van der Waals surface area contributed by atoms with Crippen LogP contribution in [0.15, 0.2) is 42.5 Å². The van der Waals surface area contributed by atoms with Gasteiger partial charge in [-0.15, -0.1) is 0 Å². The number of ether oxygens (including phenoxy) is 1. The Morgan fingerprint density at radius 1 is 1.09 bits per heavy atom. The topological polar surface area (TPSA) is 95.5 Å². The van der Waals surface area contributed by atoms with Gasteiger partial charge in [0.05, 0.1) is 17.6 Å². The minimum atomic E-state index is -0.528. The van der Waals surface area contributed by atoms with Crippen LogP contribution in [0.4, 0.5) is 11.4 Å². The SMILES string of the molecule is CC.COC(=O)c1ccc(-c2ccc([N+](=O)[O-])c(N)c2)cc1. The second kappa shape index (κ2) is 7.78. The molecule has 0 spiro atoms. The summed E-state index contributed by atoms with van der Waals surface area (Å²) in [6.07, 6.45) is 0. The summed E-state index contributed by atoms with van der Waals surface area (Å²) in [7, 11) is 1.31. The zero-order valence-corrected chi connectivity index (χ0v) is 12.7. The number of nitro groups is 1. The van der Waals surface area contributed by atoms with Crippen molar-refractivity contribution in [3.05, 3.63) is 58.1 Å². The maximum absolute atomic E-state index is 11.3. The highest BCUT2D eigenvalue weighted by Gasteiger charge is 2.12. The molecule has 0 unspecified atom stereocenters. The van der Waals surface area contributed by atoms with Gasteiger partial charge in [-0.2, -0.15) is 0 Å². The molecule has 2 N–H and O–H groups in total. The van der Waals surface area contributed by atoms with Crippen LogP contribution in [-0.4, -0.2) is 18.0 Å². The number of anilines is 1. The molecule has 2 rings (SSSR count). The minimum Gasteiger partial charge on any atom is -0.465 e. The number of benzene rings is 2. The summed E-state index contributed by atoms with van der Waals surface area (Å²) in [6.45, 7) is 4.00. The van der Waals surface area contributed by atoms with Crippen molar-refractivity contribution in [2.24, 2.45) is 0 Å². The molecular formula is C16H18N2O4. The average molecular weight is 302 g/mol. The van der Waals surface area contributed by atoms with Crippen LogP contribution in [0.5, 0.6) is 0 Å². The predicted octanol–water partition coefficient (Wildman–Crippen LogP) is 3.66. The third-order valence-corrected chi connectivity index (χ3v) is 2.86. The lowest BCUT2D eigenvalue weighted by Gasteiger charge is -2.05. The summed E-state index contributed by atoms with van der Waals surface area (Å²) >= 11 is 0. The second-order valence-electron chi connectivity index (χ2n) is 4.10. The van der Waals surface area contributed by atoms with E-state index < -0.39 is 10.9 Å². The van der Waals surface area contributed by atoms with Gasteiger partial charge in [0.25, 0.3) is 5.69 Å². The van der Waals surface area contributed by atoms with Gasteiger partial charge in [-0.25, -0.2) is 4.79 Å². The Hall–Kier alpha value is -2.89. The van der Waals surface area contributed by atoms with Gasteiger partial charge in [-0.05, 0) is 35.4 Å². The molecule has 2 aromatic carbocycles. The third kappa shape index (κ3) is 3.82. The van der Waals surface area contributed by atoms with Crippen molar-refractivity contribution in [2.45, 2.75) is 13.8 Å². The van der Waals surface area contributed by atoms with Gasteiger partial charge in [0.15, 0.2) is 0 Å². The molecule has 0 amide bonds. The number of nitro benzene ring substituents is 1. The van der Waals surface area contributed by atoms with E-state index in [-0.39, 0.29) is 11.4 Å². The van der Waals surface area contributed by atoms with E-state index in [1.54, 1.807) is 30.3 Å². The van der Waals surface area contributed by atoms with E-state index in [1.807, 2.05) is 13.8 Å². The molecule has 0 saturated carbocycles. The van der Waals surface area contributed by atoms with Crippen LogP contribution >= 0.6 is 0 Å². The lowest BCUT2D eigenvalue weighted by Crippen LogP contribution is -2.00. The van der Waals surface area contributed by atoms with Crippen molar-refractivity contribution in [1.29, 1.82) is 0 Å². The van der Waals surface area contributed by atoms with Crippen LogP contribution in [-0.2, 0) is 4.74 Å². The Morgan fingerprint density at radius 3 is 2.09 bits per heavy atom. The van der Waals surface area contributed by atoms with Crippen LogP contribution in [0.1, 0.15) is 24.2 Å². The van der Waals surface area contributed by atoms with Crippen molar-refractivity contribution in [1.82, 2.24) is 0 Å². The smallest absolute Gasteiger partial charge is 0.337 e. The van der Waals surface area contributed by atoms with E-state index in [0.717, 1.165) is 11.1 Å². The fourth-order valence-corrected chi connectivity index (χ4v) is 1.82. The summed E-state index contributed by atoms with van der Waals surface area (Å²) in [4.78, 5) is 21.5. The molecule has 22 heavy (non-hydrogen) atoms. The van der Waals surface area contributed by atoms with E-state index >= 15 is 0 Å². The average Bonchev–Trinajstić information content (AvgIpc) is 2.55. The molecule has 0 heterocycles. The Labute approximate surface area is 128 Å². The van der Waals surface area contributed by atoms with Crippen molar-refractivity contribution in [3.63, 3.8) is 0 Å². The summed E-state index contributed by atoms with van der Waals surface area (Å²) in [5.41, 5.74) is 7.60. The summed E-state index contributed by atoms with van der Waals surface area (Å²) in [6, 6.07) is 11.2. The van der Waals surface area contributed by atoms with Crippen molar-refractivity contribution in [3.8, 4) is 11.1 Å². The zero-order valence-electron chi connectivity index (χ0n) is 12.7. The zero-order chi connectivity index (χ0) is 16.7. The first kappa shape index (κ1) is 17.2. The van der Waals surface area contributed by atoms with Crippen LogP contribution < -0.4 is 5.73 Å². The van der Waals surface area contributed by atoms with E-state index in [4.69, 9.17) is 5.73 Å². The molecule has 2 aromatic rings. The fourth-order valence-electron chi connectivity index (χ4n) is 1.82. The lowest BCUT2D eigenvalue weighted by molar-refractivity contribution is -0.383. The largest absolute Gasteiger partial charge is 0.465 e. The van der Waals surface area contributed by atoms with E-state index in [9.17, 15) is 14.9 Å². The quantitative estimate of drug-likeness (QED) is 0.404. The Bertz CT molecular complexity index is 666. The molecule has 0 saturated heterocycles. The number of methoxy groups -OCH3 is 1. The monoisotopic (exact) mass is 302 g/mol. The van der Waals surface area contributed by atoms with E-state index in [1.165, 1.54) is 19.2 Å². The van der Waals surface area contributed by atoms with Gasteiger partial charge in [-0.3, -0.25) is 10.1 Å². The van der Waals surface area contributed by atoms with Crippen LogP contribution in [0.3, 0.4) is 0 Å². The van der Waals surface area contributed by atoms with Crippen molar-refractivity contribution >= 4 is 17.3 Å². The minimum absolute atomic E-state index is 0.101. The maximum atomic E-state index is 11.3. The first-order chi connectivity index (χ1) is 10.5. The van der Waals surface area contributed by atoms with E-state index in [2.05, 4.69) is 4.74 Å². The van der Waals surface area contributed by atoms with Gasteiger partial charge in [0.2, 0.25) is 0 Å². The molecule has 0 aliphatic carbocycles. The van der Waals surface area contributed by atoms with Crippen LogP contribution in [0.25, 0.3) is 11.1 Å². The molecule has 116 valence electrons. The van der Waals surface area contributed by atoms with Gasteiger partial charge in [0, 0.05) is 6.07 Å². The molecule has 6 heteroatoms. The van der Waals surface area contributed by atoms with Gasteiger partial charge >= 0.3 is 5.97 Å². The van der Waals surface area contributed by atoms with Crippen LogP contribution in [0.2, 0.25) is 0 Å². The predicted molar refractivity (Wildman–Crippen MR) is 85.6 cm³/mol. The van der Waals surface area contributed by atoms with Gasteiger partial charge in [-0.1, -0.05) is 26.0 Å². The number of nitrogens with two attached hydrogens (primary N) is 1. The fraction of sp³-hybridized carbons (Fsp3) is 0.188. The molecule has 0 aliphatic heterocycles. The molecule has 0 bridgehead atoms. The second-order valence-corrected chi connectivity index (χ2v) is 4.10. The summed E-state index contributed by atoms with van der Waals surface area (Å²) in [5, 5.41) is 10.7. The van der Waals surface area contributed by atoms with Crippen molar-refractivity contribution in [2.75, 3.05) is 12.8 Å². The Morgan fingerprint density at radius 2 is 1.64 bits per heavy atom. The highest BCUT2D eigenvalue weighted by Crippen LogP contribution is 2.28. The normalized spacial score (nSPS) is 9.41. The maximum Gasteiger partial charge on any atom is 0.337 e. The number of hydrogen-bond acceptors (Lipinski definition) is 5. The lowest BCUT2D eigenvalue weighted by atomic mass is 10.0. The third-order valence-electron chi connectivity index (χ3n) is 2.86. The number of hydrogen-bond donors (Lipinski definition) is 1. The molecule has 0 aliphatic rings. The molecular weight excluding hydrogens is 284 g/mol. The summed E-state index contributed by atoms with van der Waals surface area (Å²) in [5.74, 6) is -0.417. The Balaban J connectivity index is 0.00000116. The number of nitrogens with zero attached hydrogens (tertiary/aromatic N) is 1. The number of carbonyl (C=O) groups excluding carboxylic acids is 1. The first-order valence-electron chi connectivity index (χ1n) is 6.75. The first-order valence-corrected chi connectivity index (χ1v) is 6.75. The van der Waals surface area contributed by atoms with Gasteiger partial charge < -0.3 is 10.5 Å². The number of carbonyl (C=O) groups is 1. The van der Waals surface area contributed by atoms with Crippen LogP contribution in [0, 0.1) is 10.1 Å².